The zero-order valence-corrected chi connectivity index (χ0v) is 10.9. The van der Waals surface area contributed by atoms with E-state index in [9.17, 15) is 9.59 Å². The topological polar surface area (TPSA) is 54.4 Å². The molecule has 0 heterocycles. The van der Waals surface area contributed by atoms with Gasteiger partial charge in [0.25, 0.3) is 0 Å². The Bertz CT molecular complexity index is 671. The first kappa shape index (κ1) is 12.6. The van der Waals surface area contributed by atoms with Crippen LogP contribution in [0.1, 0.15) is 39.4 Å². The maximum Gasteiger partial charge on any atom is 0.307 e. The summed E-state index contributed by atoms with van der Waals surface area (Å²) in [5, 5.41) is 8.77. The van der Waals surface area contributed by atoms with E-state index in [-0.39, 0.29) is 18.1 Å². The van der Waals surface area contributed by atoms with Crippen LogP contribution in [-0.4, -0.2) is 16.9 Å². The van der Waals surface area contributed by atoms with Crippen LogP contribution in [-0.2, 0) is 11.2 Å². The minimum absolute atomic E-state index is 0.0282. The molecule has 3 nitrogen and oxygen atoms in total. The summed E-state index contributed by atoms with van der Waals surface area (Å²) in [6.45, 7) is 0. The van der Waals surface area contributed by atoms with E-state index in [4.69, 9.17) is 5.11 Å². The van der Waals surface area contributed by atoms with E-state index in [1.54, 1.807) is 0 Å². The van der Waals surface area contributed by atoms with E-state index in [2.05, 4.69) is 0 Å². The molecule has 2 aromatic carbocycles. The lowest BCUT2D eigenvalue weighted by Gasteiger charge is -2.11. The summed E-state index contributed by atoms with van der Waals surface area (Å²) in [6.07, 6.45) is 0.526. The number of carbonyl (C=O) groups is 2. The molecule has 1 aliphatic carbocycles. The van der Waals surface area contributed by atoms with Crippen LogP contribution in [0.3, 0.4) is 0 Å². The predicted molar refractivity (Wildman–Crippen MR) is 75.0 cm³/mol. The zero-order valence-electron chi connectivity index (χ0n) is 10.9. The van der Waals surface area contributed by atoms with Crippen LogP contribution in [0.5, 0.6) is 0 Å². The van der Waals surface area contributed by atoms with Crippen LogP contribution in [0.2, 0.25) is 0 Å². The van der Waals surface area contributed by atoms with Gasteiger partial charge in [-0.25, -0.2) is 0 Å². The van der Waals surface area contributed by atoms with Crippen LogP contribution in [0.25, 0.3) is 0 Å². The molecule has 0 saturated carbocycles. The average Bonchev–Trinajstić information content (AvgIpc) is 2.77. The maximum atomic E-state index is 12.0. The Morgan fingerprint density at radius 1 is 1.10 bits per heavy atom. The van der Waals surface area contributed by atoms with Crippen molar-refractivity contribution in [2.75, 3.05) is 0 Å². The molecule has 0 unspecified atom stereocenters. The van der Waals surface area contributed by atoms with Gasteiger partial charge in [0.05, 0.1) is 6.42 Å². The SMILES string of the molecule is O=C(O)Cc1ccc([C@@H]2CC(=O)c3ccccc32)cc1. The predicted octanol–water partition coefficient (Wildman–Crippen LogP) is 3.03. The quantitative estimate of drug-likeness (QED) is 0.929. The van der Waals surface area contributed by atoms with Gasteiger partial charge in [-0.3, -0.25) is 9.59 Å². The van der Waals surface area contributed by atoms with E-state index < -0.39 is 5.97 Å². The lowest BCUT2D eigenvalue weighted by Crippen LogP contribution is -2.01. The monoisotopic (exact) mass is 266 g/mol. The van der Waals surface area contributed by atoms with Gasteiger partial charge in [0, 0.05) is 17.9 Å². The van der Waals surface area contributed by atoms with Crippen molar-refractivity contribution in [1.29, 1.82) is 0 Å². The molecule has 0 aliphatic heterocycles. The molecule has 0 saturated heterocycles. The number of fused-ring (bicyclic) bond motifs is 1. The Morgan fingerprint density at radius 2 is 1.80 bits per heavy atom. The molecule has 20 heavy (non-hydrogen) atoms. The summed E-state index contributed by atoms with van der Waals surface area (Å²) in [4.78, 5) is 22.7. The third-order valence-corrected chi connectivity index (χ3v) is 3.76. The van der Waals surface area contributed by atoms with E-state index in [1.165, 1.54) is 0 Å². The van der Waals surface area contributed by atoms with Gasteiger partial charge in [0.15, 0.2) is 5.78 Å². The number of carboxylic acids is 1. The first-order valence-electron chi connectivity index (χ1n) is 6.58. The van der Waals surface area contributed by atoms with E-state index in [0.29, 0.717) is 6.42 Å². The molecule has 100 valence electrons. The van der Waals surface area contributed by atoms with Crippen molar-refractivity contribution < 1.29 is 14.7 Å². The van der Waals surface area contributed by atoms with Gasteiger partial charge in [-0.1, -0.05) is 48.5 Å². The fraction of sp³-hybridized carbons (Fsp3) is 0.176. The molecular weight excluding hydrogens is 252 g/mol. The van der Waals surface area contributed by atoms with E-state index in [1.807, 2.05) is 48.5 Å². The molecule has 1 aliphatic rings. The van der Waals surface area contributed by atoms with Crippen molar-refractivity contribution in [3.8, 4) is 0 Å². The van der Waals surface area contributed by atoms with Crippen molar-refractivity contribution in [1.82, 2.24) is 0 Å². The summed E-state index contributed by atoms with van der Waals surface area (Å²) < 4.78 is 0. The second-order valence-corrected chi connectivity index (χ2v) is 5.08. The van der Waals surface area contributed by atoms with Crippen molar-refractivity contribution in [2.24, 2.45) is 0 Å². The lowest BCUT2D eigenvalue weighted by molar-refractivity contribution is -0.136. The Kier molecular flexibility index (Phi) is 3.11. The van der Waals surface area contributed by atoms with Gasteiger partial charge in [-0.2, -0.15) is 0 Å². The fourth-order valence-corrected chi connectivity index (χ4v) is 2.80. The van der Waals surface area contributed by atoms with Gasteiger partial charge in [-0.15, -0.1) is 0 Å². The van der Waals surface area contributed by atoms with Crippen LogP contribution >= 0.6 is 0 Å². The van der Waals surface area contributed by atoms with Crippen molar-refractivity contribution in [3.63, 3.8) is 0 Å². The summed E-state index contributed by atoms with van der Waals surface area (Å²) in [5.74, 6) is -0.558. The van der Waals surface area contributed by atoms with E-state index >= 15 is 0 Å². The van der Waals surface area contributed by atoms with E-state index in [0.717, 1.165) is 22.3 Å². The van der Waals surface area contributed by atoms with Crippen LogP contribution in [0, 0.1) is 0 Å². The van der Waals surface area contributed by atoms with Crippen molar-refractivity contribution in [3.05, 3.63) is 70.8 Å². The molecule has 3 heteroatoms. The zero-order chi connectivity index (χ0) is 14.1. The summed E-state index contributed by atoms with van der Waals surface area (Å²) >= 11 is 0. The second-order valence-electron chi connectivity index (χ2n) is 5.08. The number of hydrogen-bond acceptors (Lipinski definition) is 2. The Morgan fingerprint density at radius 3 is 2.50 bits per heavy atom. The third kappa shape index (κ3) is 2.23. The standard InChI is InChI=1S/C17H14O3/c18-16-10-15(13-3-1-2-4-14(13)16)12-7-5-11(6-8-12)9-17(19)20/h1-8,15H,9-10H2,(H,19,20)/t15-/m0/s1. The minimum atomic E-state index is -0.834. The smallest absolute Gasteiger partial charge is 0.307 e. The number of benzene rings is 2. The average molecular weight is 266 g/mol. The van der Waals surface area contributed by atoms with Gasteiger partial charge in [0.1, 0.15) is 0 Å². The highest BCUT2D eigenvalue weighted by Gasteiger charge is 2.29. The lowest BCUT2D eigenvalue weighted by atomic mass is 9.92. The summed E-state index contributed by atoms with van der Waals surface area (Å²) in [5.41, 5.74) is 3.73. The largest absolute Gasteiger partial charge is 0.481 e. The molecule has 2 aromatic rings. The molecule has 0 fully saturated rings. The molecular formula is C17H14O3. The van der Waals surface area contributed by atoms with Crippen molar-refractivity contribution >= 4 is 11.8 Å². The number of Topliss-reactive ketones (excluding diaryl/α,β-unsaturated/α-hetero) is 1. The van der Waals surface area contributed by atoms with Crippen LogP contribution in [0.15, 0.2) is 48.5 Å². The minimum Gasteiger partial charge on any atom is -0.481 e. The third-order valence-electron chi connectivity index (χ3n) is 3.76. The van der Waals surface area contributed by atoms with Crippen LogP contribution in [0.4, 0.5) is 0 Å². The number of aliphatic carboxylic acids is 1. The number of hydrogen-bond donors (Lipinski definition) is 1. The first-order valence-corrected chi connectivity index (χ1v) is 6.58. The number of ketones is 1. The van der Waals surface area contributed by atoms with Gasteiger partial charge in [0.2, 0.25) is 0 Å². The molecule has 3 rings (SSSR count). The Labute approximate surface area is 116 Å². The number of carboxylic acid groups (broad SMARTS) is 1. The summed E-state index contributed by atoms with van der Waals surface area (Å²) in [6, 6.07) is 15.2. The highest BCUT2D eigenvalue weighted by atomic mass is 16.4. The maximum absolute atomic E-state index is 12.0. The number of carbonyl (C=O) groups excluding carboxylic acids is 1. The molecule has 0 spiro atoms. The number of rotatable bonds is 3. The van der Waals surface area contributed by atoms with Gasteiger partial charge in [-0.05, 0) is 16.7 Å². The summed E-state index contributed by atoms with van der Waals surface area (Å²) in [7, 11) is 0. The molecule has 1 atom stereocenters. The Balaban J connectivity index is 1.91. The molecule has 0 bridgehead atoms. The molecule has 0 radical (unpaired) electrons. The van der Waals surface area contributed by atoms with Gasteiger partial charge < -0.3 is 5.11 Å². The van der Waals surface area contributed by atoms with Gasteiger partial charge >= 0.3 is 5.97 Å². The highest BCUT2D eigenvalue weighted by molar-refractivity contribution is 6.01. The Hall–Kier alpha value is -2.42. The molecule has 1 N–H and O–H groups in total. The molecule has 0 amide bonds. The fourth-order valence-electron chi connectivity index (χ4n) is 2.80. The molecule has 0 aromatic heterocycles. The normalized spacial score (nSPS) is 17.0. The highest BCUT2D eigenvalue weighted by Crippen LogP contribution is 2.37. The second kappa shape index (κ2) is 4.93. The van der Waals surface area contributed by atoms with Crippen LogP contribution < -0.4 is 0 Å². The van der Waals surface area contributed by atoms with Crippen molar-refractivity contribution in [2.45, 2.75) is 18.8 Å². The first-order chi connectivity index (χ1) is 9.65.